The van der Waals surface area contributed by atoms with Crippen molar-refractivity contribution in [2.24, 2.45) is 29.1 Å². The fourth-order valence-corrected chi connectivity index (χ4v) is 7.74. The van der Waals surface area contributed by atoms with Gasteiger partial charge in [-0.2, -0.15) is 0 Å². The number of cyclic esters (lactones) is 2. The Kier molecular flexibility index (Phi) is 3.23. The molecule has 0 aromatic carbocycles. The average Bonchev–Trinajstić information content (AvgIpc) is 2.97. The van der Waals surface area contributed by atoms with Gasteiger partial charge in [-0.25, -0.2) is 0 Å². The average molecular weight is 360 g/mol. The molecule has 4 aliphatic carbocycles. The van der Waals surface area contributed by atoms with Gasteiger partial charge in [-0.1, -0.05) is 6.07 Å². The van der Waals surface area contributed by atoms with E-state index in [-0.39, 0.29) is 23.3 Å². The molecule has 1 saturated heterocycles. The summed E-state index contributed by atoms with van der Waals surface area (Å²) >= 11 is 1.76. The summed E-state index contributed by atoms with van der Waals surface area (Å²) in [6.45, 7) is 3.27. The minimum atomic E-state index is -1.15. The third-order valence-electron chi connectivity index (χ3n) is 6.96. The van der Waals surface area contributed by atoms with Gasteiger partial charge >= 0.3 is 11.9 Å². The van der Waals surface area contributed by atoms with Gasteiger partial charge < -0.3 is 9.47 Å². The molecule has 5 aliphatic rings. The first-order valence-corrected chi connectivity index (χ1v) is 10.2. The predicted molar refractivity (Wildman–Crippen MR) is 92.8 cm³/mol. The first-order chi connectivity index (χ1) is 11.9. The van der Waals surface area contributed by atoms with Crippen LogP contribution < -0.4 is 0 Å². The molecule has 0 N–H and O–H groups in total. The van der Waals surface area contributed by atoms with E-state index in [0.29, 0.717) is 17.8 Å². The van der Waals surface area contributed by atoms with Crippen molar-refractivity contribution < 1.29 is 19.1 Å². The zero-order chi connectivity index (χ0) is 17.4. The lowest BCUT2D eigenvalue weighted by molar-refractivity contribution is -0.254. The van der Waals surface area contributed by atoms with Crippen molar-refractivity contribution in [3.8, 4) is 0 Å². The molecular formula is C20H24O4S. The summed E-state index contributed by atoms with van der Waals surface area (Å²) in [6, 6.07) is 4.27. The number of carbonyl (C=O) groups is 2. The Labute approximate surface area is 151 Å². The molecule has 3 unspecified atom stereocenters. The smallest absolute Gasteiger partial charge is 0.324 e. The molecule has 0 spiro atoms. The lowest BCUT2D eigenvalue weighted by Gasteiger charge is -2.63. The zero-order valence-corrected chi connectivity index (χ0v) is 15.5. The maximum Gasteiger partial charge on any atom is 0.324 e. The van der Waals surface area contributed by atoms with E-state index in [9.17, 15) is 9.59 Å². The first kappa shape index (κ1) is 15.9. The van der Waals surface area contributed by atoms with Crippen LogP contribution in [0.4, 0.5) is 0 Å². The van der Waals surface area contributed by atoms with Crippen LogP contribution in [0.5, 0.6) is 0 Å². The van der Waals surface area contributed by atoms with Crippen LogP contribution >= 0.6 is 11.3 Å². The van der Waals surface area contributed by atoms with Crippen molar-refractivity contribution >= 4 is 23.3 Å². The summed E-state index contributed by atoms with van der Waals surface area (Å²) in [6.07, 6.45) is 5.65. The molecule has 2 heterocycles. The molecule has 1 aliphatic heterocycles. The molecule has 1 aromatic rings. The Morgan fingerprint density at radius 3 is 2.24 bits per heavy atom. The van der Waals surface area contributed by atoms with Crippen LogP contribution in [0.2, 0.25) is 0 Å². The number of hydrogen-bond donors (Lipinski definition) is 0. The third-order valence-corrected chi connectivity index (χ3v) is 7.91. The van der Waals surface area contributed by atoms with Gasteiger partial charge in [0.15, 0.2) is 5.92 Å². The number of ether oxygens (including phenoxy) is 2. The molecule has 134 valence electrons. The highest BCUT2D eigenvalue weighted by atomic mass is 32.1. The maximum absolute atomic E-state index is 12.9. The van der Waals surface area contributed by atoms with E-state index in [4.69, 9.17) is 9.47 Å². The number of esters is 2. The molecule has 25 heavy (non-hydrogen) atoms. The Morgan fingerprint density at radius 1 is 1.04 bits per heavy atom. The van der Waals surface area contributed by atoms with Crippen molar-refractivity contribution in [3.63, 3.8) is 0 Å². The lowest BCUT2D eigenvalue weighted by atomic mass is 9.42. The van der Waals surface area contributed by atoms with Gasteiger partial charge in [-0.15, -0.1) is 11.3 Å². The fraction of sp³-hybridized carbons (Fsp3) is 0.700. The van der Waals surface area contributed by atoms with Crippen LogP contribution in [0.1, 0.15) is 56.7 Å². The molecule has 1 aromatic heterocycles. The zero-order valence-electron chi connectivity index (χ0n) is 14.7. The Balaban J connectivity index is 1.61. The van der Waals surface area contributed by atoms with E-state index in [1.165, 1.54) is 24.1 Å². The van der Waals surface area contributed by atoms with Crippen LogP contribution in [0.3, 0.4) is 0 Å². The van der Waals surface area contributed by atoms with E-state index < -0.39 is 11.7 Å². The Morgan fingerprint density at radius 2 is 1.68 bits per heavy atom. The normalized spacial score (nSPS) is 42.3. The monoisotopic (exact) mass is 360 g/mol. The second-order valence-electron chi connectivity index (χ2n) is 9.01. The van der Waals surface area contributed by atoms with Gasteiger partial charge in [0.05, 0.1) is 0 Å². The van der Waals surface area contributed by atoms with Crippen molar-refractivity contribution in [1.82, 2.24) is 0 Å². The molecular weight excluding hydrogens is 336 g/mol. The van der Waals surface area contributed by atoms with Crippen LogP contribution in [0, 0.1) is 29.1 Å². The lowest BCUT2D eigenvalue weighted by Crippen LogP contribution is -2.61. The summed E-state index contributed by atoms with van der Waals surface area (Å²) < 4.78 is 11.1. The topological polar surface area (TPSA) is 52.6 Å². The predicted octanol–water partition coefficient (Wildman–Crippen LogP) is 4.11. The molecule has 6 rings (SSSR count). The Hall–Kier alpha value is -1.36. The van der Waals surface area contributed by atoms with Gasteiger partial charge in [0, 0.05) is 30.1 Å². The number of thiophene rings is 1. The quantitative estimate of drug-likeness (QED) is 0.588. The minimum Gasteiger partial charge on any atom is -0.422 e. The number of hydrogen-bond acceptors (Lipinski definition) is 5. The molecule has 5 heteroatoms. The summed E-state index contributed by atoms with van der Waals surface area (Å²) in [7, 11) is 0. The number of carbonyl (C=O) groups excluding carboxylic acids is 2. The Bertz CT molecular complexity index is 688. The van der Waals surface area contributed by atoms with Gasteiger partial charge in [0.25, 0.3) is 5.79 Å². The molecule has 3 atom stereocenters. The maximum atomic E-state index is 12.9. The second kappa shape index (κ2) is 5.09. The van der Waals surface area contributed by atoms with E-state index >= 15 is 0 Å². The highest BCUT2D eigenvalue weighted by molar-refractivity contribution is 7.10. The van der Waals surface area contributed by atoms with Crippen molar-refractivity contribution in [1.29, 1.82) is 0 Å². The first-order valence-electron chi connectivity index (χ1n) is 9.37. The third kappa shape index (κ3) is 2.24. The molecule has 5 fully saturated rings. The van der Waals surface area contributed by atoms with E-state index in [0.717, 1.165) is 12.8 Å². The molecule has 4 nitrogen and oxygen atoms in total. The summed E-state index contributed by atoms with van der Waals surface area (Å²) in [4.78, 5) is 27.2. The fourth-order valence-electron chi connectivity index (χ4n) is 6.69. The van der Waals surface area contributed by atoms with Crippen LogP contribution in [-0.4, -0.2) is 17.7 Å². The van der Waals surface area contributed by atoms with E-state index in [2.05, 4.69) is 17.5 Å². The van der Waals surface area contributed by atoms with Crippen molar-refractivity contribution in [2.45, 2.75) is 57.7 Å². The standard InChI is InChI=1S/C20H24O4S/c1-19(2)23-17(21)16(18(22)24-19)20-9-11-6-12(10-20)8-13(7-11)15(20)14-4-3-5-25-14/h3-5,11-13,15-16H,6-10H2,1-2H3. The molecule has 0 amide bonds. The van der Waals surface area contributed by atoms with Gasteiger partial charge in [-0.05, 0) is 61.3 Å². The van der Waals surface area contributed by atoms with Gasteiger partial charge in [0.1, 0.15) is 0 Å². The SMILES string of the molecule is CC1(C)OC(=O)C(C23CC4CC(CC(C4)C2c2cccs2)C3)C(=O)O1. The summed E-state index contributed by atoms with van der Waals surface area (Å²) in [5, 5.41) is 2.11. The molecule has 0 radical (unpaired) electrons. The van der Waals surface area contributed by atoms with Crippen LogP contribution in [-0.2, 0) is 19.1 Å². The molecule has 4 bridgehead atoms. The minimum absolute atomic E-state index is 0.284. The second-order valence-corrected chi connectivity index (χ2v) is 9.99. The van der Waals surface area contributed by atoms with Crippen LogP contribution in [0.25, 0.3) is 0 Å². The molecule has 4 saturated carbocycles. The highest BCUT2D eigenvalue weighted by Crippen LogP contribution is 2.69. The van der Waals surface area contributed by atoms with Crippen molar-refractivity contribution in [2.75, 3.05) is 0 Å². The van der Waals surface area contributed by atoms with Crippen LogP contribution in [0.15, 0.2) is 17.5 Å². The summed E-state index contributed by atoms with van der Waals surface area (Å²) in [5.41, 5.74) is -0.315. The van der Waals surface area contributed by atoms with Crippen molar-refractivity contribution in [3.05, 3.63) is 22.4 Å². The van der Waals surface area contributed by atoms with Gasteiger partial charge in [-0.3, -0.25) is 9.59 Å². The van der Waals surface area contributed by atoms with Gasteiger partial charge in [0.2, 0.25) is 0 Å². The number of rotatable bonds is 2. The summed E-state index contributed by atoms with van der Waals surface area (Å²) in [5.74, 6) is -0.498. The van der Waals surface area contributed by atoms with E-state index in [1.807, 2.05) is 0 Å². The largest absolute Gasteiger partial charge is 0.422 e. The highest BCUT2D eigenvalue weighted by Gasteiger charge is 2.66. The van der Waals surface area contributed by atoms with E-state index in [1.54, 1.807) is 25.2 Å².